The van der Waals surface area contributed by atoms with Crippen LogP contribution in [0.3, 0.4) is 0 Å². The van der Waals surface area contributed by atoms with Crippen LogP contribution in [0.1, 0.15) is 23.2 Å². The Kier molecular flexibility index (Phi) is 4.39. The van der Waals surface area contributed by atoms with Gasteiger partial charge in [0, 0.05) is 18.2 Å². The van der Waals surface area contributed by atoms with Crippen molar-refractivity contribution in [2.24, 2.45) is 11.7 Å². The molecule has 0 bridgehead atoms. The average molecular weight is 296 g/mol. The summed E-state index contributed by atoms with van der Waals surface area (Å²) in [7, 11) is 0. The van der Waals surface area contributed by atoms with E-state index in [-0.39, 0.29) is 11.9 Å². The van der Waals surface area contributed by atoms with E-state index in [2.05, 4.69) is 5.32 Å². The van der Waals surface area contributed by atoms with Crippen molar-refractivity contribution in [1.29, 1.82) is 0 Å². The summed E-state index contributed by atoms with van der Waals surface area (Å²) in [6.07, 6.45) is 2.30. The Morgan fingerprint density at radius 1 is 1.14 bits per heavy atom. The van der Waals surface area contributed by atoms with Gasteiger partial charge in [-0.05, 0) is 49.1 Å². The molecular weight excluding hydrogens is 276 g/mol. The van der Waals surface area contributed by atoms with Crippen molar-refractivity contribution in [2.75, 3.05) is 6.54 Å². The molecule has 1 atom stereocenters. The van der Waals surface area contributed by atoms with E-state index in [4.69, 9.17) is 10.5 Å². The Morgan fingerprint density at radius 3 is 2.55 bits per heavy atom. The first-order valence-electron chi connectivity index (χ1n) is 7.60. The van der Waals surface area contributed by atoms with Crippen LogP contribution in [0.5, 0.6) is 11.5 Å². The Hall–Kier alpha value is -2.33. The van der Waals surface area contributed by atoms with Crippen molar-refractivity contribution < 1.29 is 9.53 Å². The summed E-state index contributed by atoms with van der Waals surface area (Å²) in [5.41, 5.74) is 6.32. The maximum absolute atomic E-state index is 12.3. The predicted octanol–water partition coefficient (Wildman–Crippen LogP) is 2.95. The molecule has 2 aromatic carbocycles. The van der Waals surface area contributed by atoms with Crippen molar-refractivity contribution in [3.05, 3.63) is 60.2 Å². The minimum absolute atomic E-state index is 0.0752. The van der Waals surface area contributed by atoms with E-state index < -0.39 is 0 Å². The van der Waals surface area contributed by atoms with E-state index in [0.717, 1.165) is 18.6 Å². The first-order valence-corrected chi connectivity index (χ1v) is 7.60. The molecule has 0 aliphatic heterocycles. The van der Waals surface area contributed by atoms with Gasteiger partial charge in [0.15, 0.2) is 0 Å². The highest BCUT2D eigenvalue weighted by atomic mass is 16.5. The zero-order chi connectivity index (χ0) is 15.4. The third kappa shape index (κ3) is 3.65. The van der Waals surface area contributed by atoms with Crippen LogP contribution < -0.4 is 15.8 Å². The van der Waals surface area contributed by atoms with E-state index in [9.17, 15) is 4.79 Å². The molecule has 1 aliphatic carbocycles. The quantitative estimate of drug-likeness (QED) is 0.861. The molecule has 2 aromatic rings. The molecule has 0 spiro atoms. The standard InChI is InChI=1S/C18H20N2O2/c19-12-17(13-9-10-13)20-18(21)14-5-4-8-16(11-14)22-15-6-2-1-3-7-15/h1-8,11,13,17H,9-10,12,19H2,(H,20,21)/t17-/m1/s1. The number of amides is 1. The second kappa shape index (κ2) is 6.62. The zero-order valence-electron chi connectivity index (χ0n) is 12.4. The van der Waals surface area contributed by atoms with Crippen LogP contribution in [-0.2, 0) is 0 Å². The number of nitrogens with one attached hydrogen (secondary N) is 1. The van der Waals surface area contributed by atoms with Crippen molar-refractivity contribution in [3.8, 4) is 11.5 Å². The zero-order valence-corrected chi connectivity index (χ0v) is 12.4. The number of rotatable bonds is 6. The van der Waals surface area contributed by atoms with Gasteiger partial charge in [-0.2, -0.15) is 0 Å². The molecule has 0 aromatic heterocycles. The van der Waals surface area contributed by atoms with E-state index in [1.807, 2.05) is 42.5 Å². The van der Waals surface area contributed by atoms with Gasteiger partial charge in [0.25, 0.3) is 5.91 Å². The van der Waals surface area contributed by atoms with Crippen LogP contribution in [0.4, 0.5) is 0 Å². The fourth-order valence-corrected chi connectivity index (χ4v) is 2.44. The van der Waals surface area contributed by atoms with Crippen LogP contribution >= 0.6 is 0 Å². The SMILES string of the molecule is NC[C@@H](NC(=O)c1cccc(Oc2ccccc2)c1)C1CC1. The van der Waals surface area contributed by atoms with Crippen LogP contribution in [0.15, 0.2) is 54.6 Å². The number of para-hydroxylation sites is 1. The van der Waals surface area contributed by atoms with Gasteiger partial charge in [0.2, 0.25) is 0 Å². The summed E-state index contributed by atoms with van der Waals surface area (Å²) in [6, 6.07) is 16.8. The first kappa shape index (κ1) is 14.6. The van der Waals surface area contributed by atoms with Gasteiger partial charge in [0.05, 0.1) is 0 Å². The summed E-state index contributed by atoms with van der Waals surface area (Å²) in [5.74, 6) is 1.84. The molecule has 0 unspecified atom stereocenters. The van der Waals surface area contributed by atoms with Crippen molar-refractivity contribution in [3.63, 3.8) is 0 Å². The van der Waals surface area contributed by atoms with Gasteiger partial charge in [-0.3, -0.25) is 4.79 Å². The van der Waals surface area contributed by atoms with E-state index in [0.29, 0.717) is 23.8 Å². The maximum atomic E-state index is 12.3. The highest BCUT2D eigenvalue weighted by molar-refractivity contribution is 5.94. The van der Waals surface area contributed by atoms with Crippen LogP contribution in [-0.4, -0.2) is 18.5 Å². The summed E-state index contributed by atoms with van der Waals surface area (Å²) in [4.78, 5) is 12.3. The Morgan fingerprint density at radius 2 is 1.86 bits per heavy atom. The molecule has 3 rings (SSSR count). The Bertz CT molecular complexity index is 639. The topological polar surface area (TPSA) is 64.3 Å². The number of hydrogen-bond acceptors (Lipinski definition) is 3. The summed E-state index contributed by atoms with van der Waals surface area (Å²) in [6.45, 7) is 0.483. The molecule has 1 aliphatic rings. The van der Waals surface area contributed by atoms with Gasteiger partial charge < -0.3 is 15.8 Å². The Balaban J connectivity index is 1.69. The normalized spacial score (nSPS) is 15.1. The fraction of sp³-hybridized carbons (Fsp3) is 0.278. The minimum Gasteiger partial charge on any atom is -0.457 e. The lowest BCUT2D eigenvalue weighted by molar-refractivity contribution is 0.0933. The van der Waals surface area contributed by atoms with Gasteiger partial charge in [-0.25, -0.2) is 0 Å². The summed E-state index contributed by atoms with van der Waals surface area (Å²) < 4.78 is 5.76. The summed E-state index contributed by atoms with van der Waals surface area (Å²) in [5, 5.41) is 3.02. The molecule has 1 saturated carbocycles. The van der Waals surface area contributed by atoms with Gasteiger partial charge >= 0.3 is 0 Å². The molecule has 4 heteroatoms. The van der Waals surface area contributed by atoms with Crippen LogP contribution in [0.25, 0.3) is 0 Å². The lowest BCUT2D eigenvalue weighted by Gasteiger charge is -2.16. The number of carbonyl (C=O) groups excluding carboxylic acids is 1. The van der Waals surface area contributed by atoms with Crippen molar-refractivity contribution in [1.82, 2.24) is 5.32 Å². The number of ether oxygens (including phenoxy) is 1. The molecule has 1 fully saturated rings. The number of carbonyl (C=O) groups is 1. The van der Waals surface area contributed by atoms with Crippen LogP contribution in [0, 0.1) is 5.92 Å². The Labute approximate surface area is 130 Å². The number of nitrogens with two attached hydrogens (primary N) is 1. The largest absolute Gasteiger partial charge is 0.457 e. The molecule has 0 heterocycles. The third-order valence-corrected chi connectivity index (χ3v) is 3.84. The fourth-order valence-electron chi connectivity index (χ4n) is 2.44. The lowest BCUT2D eigenvalue weighted by atomic mass is 10.1. The second-order valence-electron chi connectivity index (χ2n) is 5.60. The molecule has 114 valence electrons. The van der Waals surface area contributed by atoms with Gasteiger partial charge in [0.1, 0.15) is 11.5 Å². The molecule has 4 nitrogen and oxygen atoms in total. The highest BCUT2D eigenvalue weighted by Gasteiger charge is 2.31. The molecular formula is C18H20N2O2. The molecule has 1 amide bonds. The molecule has 3 N–H and O–H groups in total. The van der Waals surface area contributed by atoms with Gasteiger partial charge in [-0.1, -0.05) is 24.3 Å². The van der Waals surface area contributed by atoms with E-state index >= 15 is 0 Å². The maximum Gasteiger partial charge on any atom is 0.251 e. The predicted molar refractivity (Wildman–Crippen MR) is 86.0 cm³/mol. The van der Waals surface area contributed by atoms with Crippen LogP contribution in [0.2, 0.25) is 0 Å². The third-order valence-electron chi connectivity index (χ3n) is 3.84. The lowest BCUT2D eigenvalue weighted by Crippen LogP contribution is -2.41. The first-order chi connectivity index (χ1) is 10.8. The van der Waals surface area contributed by atoms with E-state index in [1.165, 1.54) is 0 Å². The van der Waals surface area contributed by atoms with Gasteiger partial charge in [-0.15, -0.1) is 0 Å². The monoisotopic (exact) mass is 296 g/mol. The second-order valence-corrected chi connectivity index (χ2v) is 5.60. The molecule has 22 heavy (non-hydrogen) atoms. The smallest absolute Gasteiger partial charge is 0.251 e. The molecule has 0 radical (unpaired) electrons. The summed E-state index contributed by atoms with van der Waals surface area (Å²) >= 11 is 0. The van der Waals surface area contributed by atoms with Crippen molar-refractivity contribution >= 4 is 5.91 Å². The number of benzene rings is 2. The highest BCUT2D eigenvalue weighted by Crippen LogP contribution is 2.32. The molecule has 0 saturated heterocycles. The average Bonchev–Trinajstić information content (AvgIpc) is 3.38. The number of hydrogen-bond donors (Lipinski definition) is 2. The minimum atomic E-state index is -0.0964. The van der Waals surface area contributed by atoms with Crippen molar-refractivity contribution in [2.45, 2.75) is 18.9 Å². The van der Waals surface area contributed by atoms with E-state index in [1.54, 1.807) is 12.1 Å².